The van der Waals surface area contributed by atoms with Crippen molar-refractivity contribution in [2.24, 2.45) is 4.99 Å². The molecule has 0 aliphatic rings. The highest BCUT2D eigenvalue weighted by Gasteiger charge is 2.01. The highest BCUT2D eigenvalue weighted by Crippen LogP contribution is 2.18. The number of hydrogen-bond donors (Lipinski definition) is 0. The number of ether oxygens (including phenoxy) is 1. The monoisotopic (exact) mass is 393 g/mol. The van der Waals surface area contributed by atoms with E-state index in [1.807, 2.05) is 60.8 Å². The summed E-state index contributed by atoms with van der Waals surface area (Å²) in [6.45, 7) is 2.66. The molecule has 0 bridgehead atoms. The first-order chi connectivity index (χ1) is 12.2. The van der Waals surface area contributed by atoms with Crippen molar-refractivity contribution in [1.29, 1.82) is 0 Å². The molecule has 3 heteroatoms. The lowest BCUT2D eigenvalue weighted by Gasteiger charge is -2.07. The standard InChI is InChI=1S/C22H20BrNO/c1-17(20-5-3-2-4-6-20)24-15-18-9-13-22(14-10-18)25-16-19-7-11-21(23)12-8-19/h2-15,17H,16H2,1H3/t17-/m0/s1. The van der Waals surface area contributed by atoms with Gasteiger partial charge in [-0.1, -0.05) is 58.4 Å². The Kier molecular flexibility index (Phi) is 6.02. The van der Waals surface area contributed by atoms with Gasteiger partial charge in [0.2, 0.25) is 0 Å². The minimum absolute atomic E-state index is 0.148. The van der Waals surface area contributed by atoms with Crippen LogP contribution in [-0.4, -0.2) is 6.21 Å². The summed E-state index contributed by atoms with van der Waals surface area (Å²) in [4.78, 5) is 4.63. The molecule has 0 saturated heterocycles. The smallest absolute Gasteiger partial charge is 0.119 e. The van der Waals surface area contributed by atoms with Crippen LogP contribution >= 0.6 is 15.9 Å². The van der Waals surface area contributed by atoms with Crippen LogP contribution in [0.1, 0.15) is 29.7 Å². The van der Waals surface area contributed by atoms with Crippen molar-refractivity contribution in [3.05, 3.63) is 100 Å². The molecule has 0 N–H and O–H groups in total. The predicted molar refractivity (Wildman–Crippen MR) is 107 cm³/mol. The maximum Gasteiger partial charge on any atom is 0.119 e. The van der Waals surface area contributed by atoms with Gasteiger partial charge in [-0.25, -0.2) is 0 Å². The van der Waals surface area contributed by atoms with Crippen molar-refractivity contribution >= 4 is 22.1 Å². The summed E-state index contributed by atoms with van der Waals surface area (Å²) in [5, 5.41) is 0. The Morgan fingerprint density at radius 2 is 1.60 bits per heavy atom. The zero-order valence-electron chi connectivity index (χ0n) is 14.1. The summed E-state index contributed by atoms with van der Waals surface area (Å²) < 4.78 is 6.90. The Hall–Kier alpha value is -2.39. The number of halogens is 1. The zero-order valence-corrected chi connectivity index (χ0v) is 15.7. The molecule has 0 aliphatic heterocycles. The van der Waals surface area contributed by atoms with Crippen molar-refractivity contribution in [1.82, 2.24) is 0 Å². The lowest BCUT2D eigenvalue weighted by molar-refractivity contribution is 0.306. The third-order valence-electron chi connectivity index (χ3n) is 3.93. The largest absolute Gasteiger partial charge is 0.489 e. The first kappa shape index (κ1) is 17.4. The molecule has 0 spiro atoms. The van der Waals surface area contributed by atoms with E-state index >= 15 is 0 Å². The van der Waals surface area contributed by atoms with Gasteiger partial charge in [0, 0.05) is 10.7 Å². The number of hydrogen-bond acceptors (Lipinski definition) is 2. The van der Waals surface area contributed by atoms with E-state index in [1.54, 1.807) is 0 Å². The van der Waals surface area contributed by atoms with Crippen LogP contribution in [-0.2, 0) is 6.61 Å². The zero-order chi connectivity index (χ0) is 17.5. The number of nitrogens with zero attached hydrogens (tertiary/aromatic N) is 1. The fourth-order valence-corrected chi connectivity index (χ4v) is 2.68. The van der Waals surface area contributed by atoms with Crippen LogP contribution in [0.2, 0.25) is 0 Å². The Morgan fingerprint density at radius 1 is 0.920 bits per heavy atom. The fraction of sp³-hybridized carbons (Fsp3) is 0.136. The Bertz CT molecular complexity index is 811. The fourth-order valence-electron chi connectivity index (χ4n) is 2.41. The number of aliphatic imine (C=N–C) groups is 1. The number of benzene rings is 3. The van der Waals surface area contributed by atoms with Crippen LogP contribution in [0.15, 0.2) is 88.3 Å². The average molecular weight is 394 g/mol. The SMILES string of the molecule is C[C@H](N=Cc1ccc(OCc2ccc(Br)cc2)cc1)c1ccccc1. The van der Waals surface area contributed by atoms with Gasteiger partial charge in [-0.3, -0.25) is 4.99 Å². The van der Waals surface area contributed by atoms with E-state index in [2.05, 4.69) is 52.1 Å². The van der Waals surface area contributed by atoms with Gasteiger partial charge in [-0.15, -0.1) is 0 Å². The topological polar surface area (TPSA) is 21.6 Å². The molecule has 0 unspecified atom stereocenters. The third-order valence-corrected chi connectivity index (χ3v) is 4.46. The highest BCUT2D eigenvalue weighted by atomic mass is 79.9. The summed E-state index contributed by atoms with van der Waals surface area (Å²) in [5.41, 5.74) is 3.43. The lowest BCUT2D eigenvalue weighted by Crippen LogP contribution is -1.95. The van der Waals surface area contributed by atoms with Crippen molar-refractivity contribution in [2.45, 2.75) is 19.6 Å². The molecule has 3 aromatic rings. The third kappa shape index (κ3) is 5.30. The van der Waals surface area contributed by atoms with Crippen LogP contribution in [0.5, 0.6) is 5.75 Å². The predicted octanol–water partition coefficient (Wildman–Crippen LogP) is 6.21. The van der Waals surface area contributed by atoms with E-state index in [9.17, 15) is 0 Å². The van der Waals surface area contributed by atoms with Crippen molar-refractivity contribution in [2.75, 3.05) is 0 Å². The van der Waals surface area contributed by atoms with E-state index in [0.717, 1.165) is 21.3 Å². The van der Waals surface area contributed by atoms with Crippen LogP contribution < -0.4 is 4.74 Å². The quantitative estimate of drug-likeness (QED) is 0.456. The summed E-state index contributed by atoms with van der Waals surface area (Å²) in [6.07, 6.45) is 1.91. The van der Waals surface area contributed by atoms with Crippen molar-refractivity contribution < 1.29 is 4.74 Å². The molecular weight excluding hydrogens is 374 g/mol. The molecule has 0 radical (unpaired) electrons. The number of rotatable bonds is 6. The molecular formula is C22H20BrNO. The van der Waals surface area contributed by atoms with Gasteiger partial charge in [-0.2, -0.15) is 0 Å². The van der Waals surface area contributed by atoms with Gasteiger partial charge in [0.25, 0.3) is 0 Å². The summed E-state index contributed by atoms with van der Waals surface area (Å²) in [7, 11) is 0. The first-order valence-electron chi connectivity index (χ1n) is 8.26. The van der Waals surface area contributed by atoms with Crippen LogP contribution in [0, 0.1) is 0 Å². The first-order valence-corrected chi connectivity index (χ1v) is 9.05. The van der Waals surface area contributed by atoms with Crippen LogP contribution in [0.3, 0.4) is 0 Å². The molecule has 0 aromatic heterocycles. The molecule has 25 heavy (non-hydrogen) atoms. The van der Waals surface area contributed by atoms with Gasteiger partial charge in [0.15, 0.2) is 0 Å². The van der Waals surface area contributed by atoms with Crippen molar-refractivity contribution in [3.63, 3.8) is 0 Å². The second-order valence-electron chi connectivity index (χ2n) is 5.85. The van der Waals surface area contributed by atoms with E-state index in [0.29, 0.717) is 6.61 Å². The Morgan fingerprint density at radius 3 is 2.28 bits per heavy atom. The van der Waals surface area contributed by atoms with Crippen LogP contribution in [0.25, 0.3) is 0 Å². The maximum atomic E-state index is 5.82. The molecule has 0 saturated carbocycles. The van der Waals surface area contributed by atoms with E-state index in [1.165, 1.54) is 5.56 Å². The minimum atomic E-state index is 0.148. The van der Waals surface area contributed by atoms with Gasteiger partial charge in [0.05, 0.1) is 6.04 Å². The summed E-state index contributed by atoms with van der Waals surface area (Å²) in [6, 6.07) is 26.6. The van der Waals surface area contributed by atoms with Gasteiger partial charge in [-0.05, 0) is 60.0 Å². The van der Waals surface area contributed by atoms with Crippen molar-refractivity contribution in [3.8, 4) is 5.75 Å². The highest BCUT2D eigenvalue weighted by molar-refractivity contribution is 9.10. The maximum absolute atomic E-state index is 5.82. The molecule has 1 atom stereocenters. The summed E-state index contributed by atoms with van der Waals surface area (Å²) >= 11 is 3.44. The minimum Gasteiger partial charge on any atom is -0.489 e. The normalized spacial score (nSPS) is 12.2. The van der Waals surface area contributed by atoms with E-state index < -0.39 is 0 Å². The average Bonchev–Trinajstić information content (AvgIpc) is 2.67. The van der Waals surface area contributed by atoms with Gasteiger partial charge < -0.3 is 4.74 Å². The molecule has 3 aromatic carbocycles. The molecule has 3 rings (SSSR count). The van der Waals surface area contributed by atoms with E-state index in [-0.39, 0.29) is 6.04 Å². The Labute approximate surface area is 157 Å². The lowest BCUT2D eigenvalue weighted by atomic mass is 10.1. The van der Waals surface area contributed by atoms with E-state index in [4.69, 9.17) is 4.74 Å². The molecule has 0 fully saturated rings. The Balaban J connectivity index is 1.56. The van der Waals surface area contributed by atoms with Crippen LogP contribution in [0.4, 0.5) is 0 Å². The second kappa shape index (κ2) is 8.63. The van der Waals surface area contributed by atoms with Gasteiger partial charge in [0.1, 0.15) is 12.4 Å². The summed E-state index contributed by atoms with van der Waals surface area (Å²) in [5.74, 6) is 0.858. The molecule has 0 amide bonds. The van der Waals surface area contributed by atoms with Gasteiger partial charge >= 0.3 is 0 Å². The molecule has 2 nitrogen and oxygen atoms in total. The molecule has 0 aliphatic carbocycles. The molecule has 126 valence electrons. The second-order valence-corrected chi connectivity index (χ2v) is 6.76. The molecule has 0 heterocycles.